The van der Waals surface area contributed by atoms with E-state index in [2.05, 4.69) is 11.3 Å². The van der Waals surface area contributed by atoms with Gasteiger partial charge in [0.15, 0.2) is 0 Å². The molecule has 12 heavy (non-hydrogen) atoms. The average Bonchev–Trinajstić information content (AvgIpc) is 1.83. The number of carbonyl (C=O) groups is 1. The first-order chi connectivity index (χ1) is 4.81. The molecule has 74 valence electrons. The molecule has 0 aliphatic rings. The summed E-state index contributed by atoms with van der Waals surface area (Å²) in [5.74, 6) is -0.394. The van der Waals surface area contributed by atoms with Gasteiger partial charge in [0.1, 0.15) is 0 Å². The lowest BCUT2D eigenvalue weighted by Gasteiger charge is -1.83. The second-order valence-electron chi connectivity index (χ2n) is 1.18. The highest BCUT2D eigenvalue weighted by Crippen LogP contribution is 1.67. The number of esters is 1. The number of hydrogen-bond donors (Lipinski definition) is 3. The molecule has 0 aromatic carbocycles. The minimum absolute atomic E-state index is 0. The molecule has 7 nitrogen and oxygen atoms in total. The van der Waals surface area contributed by atoms with Gasteiger partial charge in [-0.3, -0.25) is 9.11 Å². The Morgan fingerprint density at radius 3 is 1.75 bits per heavy atom. The van der Waals surface area contributed by atoms with E-state index in [9.17, 15) is 4.79 Å². The van der Waals surface area contributed by atoms with Crippen LogP contribution in [0.15, 0.2) is 12.7 Å². The van der Waals surface area contributed by atoms with Crippen molar-refractivity contribution in [2.24, 2.45) is 0 Å². The van der Waals surface area contributed by atoms with Gasteiger partial charge in [0.05, 0.1) is 7.11 Å². The van der Waals surface area contributed by atoms with Crippen LogP contribution in [0.4, 0.5) is 0 Å². The summed E-state index contributed by atoms with van der Waals surface area (Å²) in [4.78, 5) is 9.84. The Morgan fingerprint density at radius 1 is 1.50 bits per heavy atom. The Balaban J connectivity index is -0.000000126. The van der Waals surface area contributed by atoms with Gasteiger partial charge in [-0.25, -0.2) is 4.79 Å². The molecule has 0 heterocycles. The van der Waals surface area contributed by atoms with Crippen LogP contribution < -0.4 is 6.15 Å². The minimum atomic E-state index is -4.67. The monoisotopic (exact) mass is 201 g/mol. The van der Waals surface area contributed by atoms with Crippen molar-refractivity contribution in [3.63, 3.8) is 0 Å². The fraction of sp³-hybridized carbons (Fsp3) is 0.250. The summed E-state index contributed by atoms with van der Waals surface area (Å²) >= 11 is 0. The molecule has 0 saturated carbocycles. The quantitative estimate of drug-likeness (QED) is 0.305. The molecule has 0 spiro atoms. The van der Waals surface area contributed by atoms with E-state index in [0.717, 1.165) is 6.08 Å². The molecule has 0 radical (unpaired) electrons. The van der Waals surface area contributed by atoms with Gasteiger partial charge >= 0.3 is 16.4 Å². The van der Waals surface area contributed by atoms with Gasteiger partial charge in [0.2, 0.25) is 0 Å². The molecule has 0 rings (SSSR count). The summed E-state index contributed by atoms with van der Waals surface area (Å²) in [6.45, 7) is 3.16. The van der Waals surface area contributed by atoms with Crippen LogP contribution >= 0.6 is 0 Å². The van der Waals surface area contributed by atoms with Crippen LogP contribution in [0.2, 0.25) is 0 Å². The summed E-state index contributed by atoms with van der Waals surface area (Å²) in [5, 5.41) is 0. The Morgan fingerprint density at radius 2 is 1.75 bits per heavy atom. The Hall–Kier alpha value is -0.960. The van der Waals surface area contributed by atoms with Crippen molar-refractivity contribution in [2.45, 2.75) is 0 Å². The SMILES string of the molecule is C=CC(=O)OC.N.O=S(=O)(O)O. The third-order valence-corrected chi connectivity index (χ3v) is 0.368. The van der Waals surface area contributed by atoms with E-state index in [1.165, 1.54) is 7.11 Å². The van der Waals surface area contributed by atoms with Crippen LogP contribution in [-0.2, 0) is 19.9 Å². The van der Waals surface area contributed by atoms with Crippen molar-refractivity contribution in [1.29, 1.82) is 0 Å². The van der Waals surface area contributed by atoms with Gasteiger partial charge in [-0.05, 0) is 0 Å². The second kappa shape index (κ2) is 8.14. The van der Waals surface area contributed by atoms with E-state index in [-0.39, 0.29) is 6.15 Å². The molecule has 0 aliphatic carbocycles. The smallest absolute Gasteiger partial charge is 0.394 e. The molecule has 0 amide bonds. The van der Waals surface area contributed by atoms with Crippen molar-refractivity contribution >= 4 is 16.4 Å². The maximum absolute atomic E-state index is 9.84. The fourth-order valence-corrected chi connectivity index (χ4v) is 0.0833. The van der Waals surface area contributed by atoms with Crippen LogP contribution in [0.5, 0.6) is 0 Å². The van der Waals surface area contributed by atoms with E-state index in [1.807, 2.05) is 0 Å². The summed E-state index contributed by atoms with van der Waals surface area (Å²) in [7, 11) is -3.36. The van der Waals surface area contributed by atoms with Crippen molar-refractivity contribution in [3.8, 4) is 0 Å². The van der Waals surface area contributed by atoms with Gasteiger partial charge in [-0.15, -0.1) is 0 Å². The Kier molecular flexibility index (Phi) is 11.7. The number of methoxy groups -OCH3 is 1. The Bertz CT molecular complexity index is 212. The zero-order valence-electron chi connectivity index (χ0n) is 6.43. The maximum atomic E-state index is 9.84. The first-order valence-electron chi connectivity index (χ1n) is 2.21. The van der Waals surface area contributed by atoms with E-state index in [0.29, 0.717) is 0 Å². The molecule has 0 atom stereocenters. The predicted molar refractivity (Wildman–Crippen MR) is 41.4 cm³/mol. The van der Waals surface area contributed by atoms with Gasteiger partial charge in [0, 0.05) is 6.08 Å². The minimum Gasteiger partial charge on any atom is -0.466 e. The van der Waals surface area contributed by atoms with Crippen molar-refractivity contribution < 1.29 is 27.1 Å². The van der Waals surface area contributed by atoms with Gasteiger partial charge in [-0.1, -0.05) is 6.58 Å². The van der Waals surface area contributed by atoms with Gasteiger partial charge in [0.25, 0.3) is 0 Å². The first-order valence-corrected chi connectivity index (χ1v) is 3.61. The molecule has 0 aromatic rings. The highest BCUT2D eigenvalue weighted by Gasteiger charge is 1.84. The van der Waals surface area contributed by atoms with Crippen LogP contribution in [0.3, 0.4) is 0 Å². The summed E-state index contributed by atoms with van der Waals surface area (Å²) < 4.78 is 35.7. The lowest BCUT2D eigenvalue weighted by Crippen LogP contribution is -1.91. The average molecular weight is 201 g/mol. The second-order valence-corrected chi connectivity index (χ2v) is 2.07. The summed E-state index contributed by atoms with van der Waals surface area (Å²) in [5.41, 5.74) is 0. The van der Waals surface area contributed by atoms with Crippen LogP contribution in [0, 0.1) is 0 Å². The molecule has 0 unspecified atom stereocenters. The lowest BCUT2D eigenvalue weighted by atomic mass is 10.7. The van der Waals surface area contributed by atoms with Crippen molar-refractivity contribution in [3.05, 3.63) is 12.7 Å². The van der Waals surface area contributed by atoms with Gasteiger partial charge in [-0.2, -0.15) is 8.42 Å². The topological polar surface area (TPSA) is 136 Å². The van der Waals surface area contributed by atoms with Crippen molar-refractivity contribution in [2.75, 3.05) is 7.11 Å². The van der Waals surface area contributed by atoms with Crippen molar-refractivity contribution in [1.82, 2.24) is 6.15 Å². The van der Waals surface area contributed by atoms with E-state index in [4.69, 9.17) is 17.5 Å². The fourth-order valence-electron chi connectivity index (χ4n) is 0.0833. The number of hydrogen-bond acceptors (Lipinski definition) is 5. The third-order valence-electron chi connectivity index (χ3n) is 0.368. The molecule has 0 saturated heterocycles. The molecule has 8 heteroatoms. The summed E-state index contributed by atoms with van der Waals surface area (Å²) in [6, 6.07) is 0. The van der Waals surface area contributed by atoms with Crippen LogP contribution in [0.1, 0.15) is 0 Å². The largest absolute Gasteiger partial charge is 0.466 e. The maximum Gasteiger partial charge on any atom is 0.394 e. The highest BCUT2D eigenvalue weighted by atomic mass is 32.3. The zero-order chi connectivity index (χ0) is 9.49. The highest BCUT2D eigenvalue weighted by molar-refractivity contribution is 7.79. The third kappa shape index (κ3) is 63.2. The molecular weight excluding hydrogens is 190 g/mol. The molecule has 0 fully saturated rings. The predicted octanol–water partition coefficient (Wildman–Crippen LogP) is -0.145. The number of ether oxygens (including phenoxy) is 1. The molecular formula is C4H11NO6S. The zero-order valence-corrected chi connectivity index (χ0v) is 7.24. The summed E-state index contributed by atoms with van der Waals surface area (Å²) in [6.07, 6.45) is 1.11. The van der Waals surface area contributed by atoms with E-state index in [1.54, 1.807) is 0 Å². The van der Waals surface area contributed by atoms with E-state index >= 15 is 0 Å². The first kappa shape index (κ1) is 17.2. The molecule has 0 bridgehead atoms. The lowest BCUT2D eigenvalue weighted by molar-refractivity contribution is -0.134. The normalized spacial score (nSPS) is 8.25. The standard InChI is InChI=1S/C4H6O2.H3N.H2O4S/c1-3-4(5)6-2;;1-5(2,3)4/h3H,1H2,2H3;1H3;(H2,1,2,3,4). The Labute approximate surface area is 70.2 Å². The van der Waals surface area contributed by atoms with Crippen LogP contribution in [0.25, 0.3) is 0 Å². The molecule has 0 aromatic heterocycles. The molecule has 0 aliphatic heterocycles. The molecule has 5 N–H and O–H groups in total. The number of rotatable bonds is 1. The van der Waals surface area contributed by atoms with Gasteiger partial charge < -0.3 is 10.9 Å². The van der Waals surface area contributed by atoms with Crippen LogP contribution in [-0.4, -0.2) is 30.6 Å². The number of carbonyl (C=O) groups excluding carboxylic acids is 1. The van der Waals surface area contributed by atoms with E-state index < -0.39 is 16.4 Å².